The van der Waals surface area contributed by atoms with Crippen LogP contribution < -0.4 is 5.56 Å². The molecule has 0 radical (unpaired) electrons. The molecule has 7 nitrogen and oxygen atoms in total. The average molecular weight is 438 g/mol. The summed E-state index contributed by atoms with van der Waals surface area (Å²) in [5, 5.41) is 0.525. The molecule has 3 heterocycles. The lowest BCUT2D eigenvalue weighted by molar-refractivity contribution is 0.0643. The number of hydrogen-bond donors (Lipinski definition) is 1. The summed E-state index contributed by atoms with van der Waals surface area (Å²) < 4.78 is 1.74. The zero-order valence-corrected chi connectivity index (χ0v) is 18.7. The second-order valence-electron chi connectivity index (χ2n) is 8.11. The van der Waals surface area contributed by atoms with Crippen molar-refractivity contribution < 1.29 is 4.79 Å². The molecule has 1 aliphatic rings. The van der Waals surface area contributed by atoms with Gasteiger partial charge in [-0.1, -0.05) is 6.07 Å². The summed E-state index contributed by atoms with van der Waals surface area (Å²) in [6.45, 7) is 2.92. The molecule has 1 aromatic carbocycles. The van der Waals surface area contributed by atoms with E-state index in [1.807, 2.05) is 30.3 Å². The minimum absolute atomic E-state index is 0.0335. The van der Waals surface area contributed by atoms with Crippen molar-refractivity contribution in [3.05, 3.63) is 69.0 Å². The van der Waals surface area contributed by atoms with Crippen molar-refractivity contribution in [1.82, 2.24) is 24.3 Å². The van der Waals surface area contributed by atoms with Crippen molar-refractivity contribution >= 4 is 29.0 Å². The van der Waals surface area contributed by atoms with Gasteiger partial charge in [0.05, 0.1) is 10.9 Å². The number of piperidine rings is 1. The lowest BCUT2D eigenvalue weighted by Gasteiger charge is -2.36. The number of benzene rings is 1. The molecule has 1 N–H and O–H groups in total. The van der Waals surface area contributed by atoms with Crippen molar-refractivity contribution in [2.75, 3.05) is 26.7 Å². The van der Waals surface area contributed by atoms with E-state index in [1.54, 1.807) is 25.2 Å². The molecule has 162 valence electrons. The fourth-order valence-corrected chi connectivity index (χ4v) is 4.35. The van der Waals surface area contributed by atoms with E-state index >= 15 is 0 Å². The SMILES string of the molecule is CN(C(=O)c1ccc2c(=O)n(C)c(=S)[nH]c2c1)C1CCN(CCc2ccccn2)CC1. The predicted molar refractivity (Wildman–Crippen MR) is 124 cm³/mol. The van der Waals surface area contributed by atoms with Crippen LogP contribution in [0.5, 0.6) is 0 Å². The second kappa shape index (κ2) is 9.11. The van der Waals surface area contributed by atoms with Crippen LogP contribution in [-0.4, -0.2) is 63.0 Å². The number of fused-ring (bicyclic) bond motifs is 1. The van der Waals surface area contributed by atoms with Gasteiger partial charge in [-0.2, -0.15) is 0 Å². The Morgan fingerprint density at radius 1 is 1.26 bits per heavy atom. The number of carbonyl (C=O) groups excluding carboxylic acids is 1. The van der Waals surface area contributed by atoms with E-state index in [2.05, 4.69) is 20.9 Å². The lowest BCUT2D eigenvalue weighted by atomic mass is 10.0. The fraction of sp³-hybridized carbons (Fsp3) is 0.391. The third-order valence-corrected chi connectivity index (χ3v) is 6.56. The first kappa shape index (κ1) is 21.4. The number of carbonyl (C=O) groups is 1. The first-order valence-corrected chi connectivity index (χ1v) is 11.0. The van der Waals surface area contributed by atoms with Gasteiger partial charge in [-0.05, 0) is 55.4 Å². The van der Waals surface area contributed by atoms with Gasteiger partial charge in [-0.3, -0.25) is 19.1 Å². The van der Waals surface area contributed by atoms with Crippen molar-refractivity contribution in [3.8, 4) is 0 Å². The third kappa shape index (κ3) is 4.60. The van der Waals surface area contributed by atoms with Crippen LogP contribution in [0.15, 0.2) is 47.4 Å². The summed E-state index contributed by atoms with van der Waals surface area (Å²) in [7, 11) is 3.50. The number of aromatic nitrogens is 3. The molecule has 31 heavy (non-hydrogen) atoms. The molecular weight excluding hydrogens is 410 g/mol. The Bertz CT molecular complexity index is 1200. The highest BCUT2D eigenvalue weighted by Crippen LogP contribution is 2.19. The highest BCUT2D eigenvalue weighted by Gasteiger charge is 2.26. The van der Waals surface area contributed by atoms with Crippen LogP contribution in [0.4, 0.5) is 0 Å². The predicted octanol–water partition coefficient (Wildman–Crippen LogP) is 2.77. The number of amides is 1. The summed E-state index contributed by atoms with van der Waals surface area (Å²) >= 11 is 5.20. The summed E-state index contributed by atoms with van der Waals surface area (Å²) in [4.78, 5) is 37.2. The molecule has 1 amide bonds. The summed E-state index contributed by atoms with van der Waals surface area (Å²) in [5.41, 5.74) is 2.11. The molecule has 4 rings (SSSR count). The van der Waals surface area contributed by atoms with Crippen LogP contribution >= 0.6 is 12.2 Å². The summed E-state index contributed by atoms with van der Waals surface area (Å²) in [6.07, 6.45) is 4.67. The van der Waals surface area contributed by atoms with Crippen LogP contribution in [0.25, 0.3) is 10.9 Å². The van der Waals surface area contributed by atoms with E-state index in [-0.39, 0.29) is 17.5 Å². The molecule has 1 fully saturated rings. The maximum atomic E-state index is 13.1. The molecule has 1 saturated heterocycles. The smallest absolute Gasteiger partial charge is 0.261 e. The standard InChI is InChI=1S/C23H27N5O2S/c1-26(18-9-13-28(14-10-18)12-8-17-5-3-4-11-24-17)21(29)16-6-7-19-20(15-16)25-23(31)27(2)22(19)30/h3-7,11,15,18H,8-10,12-14H2,1-2H3,(H,25,31). The fourth-order valence-electron chi connectivity index (χ4n) is 4.16. The first-order chi connectivity index (χ1) is 14.9. The third-order valence-electron chi connectivity index (χ3n) is 6.18. The van der Waals surface area contributed by atoms with Gasteiger partial charge >= 0.3 is 0 Å². The van der Waals surface area contributed by atoms with Crippen molar-refractivity contribution in [2.24, 2.45) is 7.05 Å². The molecule has 0 unspecified atom stereocenters. The molecule has 8 heteroatoms. The second-order valence-corrected chi connectivity index (χ2v) is 8.50. The van der Waals surface area contributed by atoms with E-state index in [4.69, 9.17) is 12.2 Å². The van der Waals surface area contributed by atoms with Crippen molar-refractivity contribution in [2.45, 2.75) is 25.3 Å². The molecule has 1 aliphatic heterocycles. The number of rotatable bonds is 5. The van der Waals surface area contributed by atoms with Gasteiger partial charge in [0.25, 0.3) is 11.5 Å². The molecule has 2 aromatic heterocycles. The number of H-pyrrole nitrogens is 1. The van der Waals surface area contributed by atoms with E-state index in [0.29, 0.717) is 21.2 Å². The van der Waals surface area contributed by atoms with Gasteiger partial charge in [-0.15, -0.1) is 0 Å². The molecule has 0 saturated carbocycles. The number of likely N-dealkylation sites (tertiary alicyclic amines) is 1. The van der Waals surface area contributed by atoms with E-state index in [1.165, 1.54) is 4.57 Å². The van der Waals surface area contributed by atoms with Crippen molar-refractivity contribution in [3.63, 3.8) is 0 Å². The Hall–Kier alpha value is -2.84. The zero-order chi connectivity index (χ0) is 22.0. The quantitative estimate of drug-likeness (QED) is 0.622. The molecule has 0 spiro atoms. The maximum Gasteiger partial charge on any atom is 0.261 e. The van der Waals surface area contributed by atoms with Crippen LogP contribution in [0.2, 0.25) is 0 Å². The number of hydrogen-bond acceptors (Lipinski definition) is 5. The van der Waals surface area contributed by atoms with Crippen LogP contribution in [0.3, 0.4) is 0 Å². The lowest BCUT2D eigenvalue weighted by Crippen LogP contribution is -2.46. The molecule has 0 bridgehead atoms. The van der Waals surface area contributed by atoms with E-state index < -0.39 is 0 Å². The highest BCUT2D eigenvalue weighted by molar-refractivity contribution is 7.71. The Kier molecular flexibility index (Phi) is 6.29. The average Bonchev–Trinajstić information content (AvgIpc) is 2.81. The molecule has 0 aliphatic carbocycles. The minimum Gasteiger partial charge on any atom is -0.339 e. The molecule has 3 aromatic rings. The van der Waals surface area contributed by atoms with Crippen molar-refractivity contribution in [1.29, 1.82) is 0 Å². The number of nitrogens with one attached hydrogen (secondary N) is 1. The summed E-state index contributed by atoms with van der Waals surface area (Å²) in [6, 6.07) is 11.4. The Morgan fingerprint density at radius 2 is 2.03 bits per heavy atom. The first-order valence-electron chi connectivity index (χ1n) is 10.6. The van der Waals surface area contributed by atoms with Gasteiger partial charge in [-0.25, -0.2) is 0 Å². The number of nitrogens with zero attached hydrogens (tertiary/aromatic N) is 4. The minimum atomic E-state index is -0.163. The molecular formula is C23H27N5O2S. The summed E-state index contributed by atoms with van der Waals surface area (Å²) in [5.74, 6) is -0.0335. The van der Waals surface area contributed by atoms with E-state index in [9.17, 15) is 9.59 Å². The van der Waals surface area contributed by atoms with Gasteiger partial charge in [0.1, 0.15) is 0 Å². The number of aromatic amines is 1. The highest BCUT2D eigenvalue weighted by atomic mass is 32.1. The topological polar surface area (TPSA) is 74.2 Å². The normalized spacial score (nSPS) is 15.3. The van der Waals surface area contributed by atoms with Crippen LogP contribution in [0, 0.1) is 4.77 Å². The van der Waals surface area contributed by atoms with E-state index in [0.717, 1.165) is 44.6 Å². The van der Waals surface area contributed by atoms with Crippen LogP contribution in [-0.2, 0) is 13.5 Å². The van der Waals surface area contributed by atoms with Gasteiger partial charge in [0.15, 0.2) is 4.77 Å². The Labute approximate surface area is 186 Å². The van der Waals surface area contributed by atoms with Gasteiger partial charge < -0.3 is 14.8 Å². The molecule has 0 atom stereocenters. The largest absolute Gasteiger partial charge is 0.339 e. The van der Waals surface area contributed by atoms with Crippen LogP contribution in [0.1, 0.15) is 28.9 Å². The maximum absolute atomic E-state index is 13.1. The Morgan fingerprint density at radius 3 is 2.74 bits per heavy atom. The zero-order valence-electron chi connectivity index (χ0n) is 17.9. The Balaban J connectivity index is 1.39. The van der Waals surface area contributed by atoms with Gasteiger partial charge in [0.2, 0.25) is 0 Å². The monoisotopic (exact) mass is 437 g/mol. The number of pyridine rings is 1. The van der Waals surface area contributed by atoms with Gasteiger partial charge in [0, 0.05) is 63.6 Å².